The lowest BCUT2D eigenvalue weighted by atomic mass is 10.0. The third kappa shape index (κ3) is 5.45. The highest BCUT2D eigenvalue weighted by Crippen LogP contribution is 2.32. The summed E-state index contributed by atoms with van der Waals surface area (Å²) in [5.74, 6) is 1.10. The quantitative estimate of drug-likeness (QED) is 0.370. The molecule has 38 heavy (non-hydrogen) atoms. The van der Waals surface area contributed by atoms with Crippen LogP contribution in [0, 0.1) is 11.3 Å². The van der Waals surface area contributed by atoms with E-state index in [0.29, 0.717) is 23.1 Å². The molecule has 194 valence electrons. The summed E-state index contributed by atoms with van der Waals surface area (Å²) < 4.78 is 7.35. The van der Waals surface area contributed by atoms with Gasteiger partial charge >= 0.3 is 0 Å². The number of pyridine rings is 2. The van der Waals surface area contributed by atoms with Crippen molar-refractivity contribution in [2.45, 2.75) is 38.3 Å². The highest BCUT2D eigenvalue weighted by Gasteiger charge is 2.23. The van der Waals surface area contributed by atoms with Crippen LogP contribution in [0.5, 0.6) is 5.88 Å². The van der Waals surface area contributed by atoms with Gasteiger partial charge in [-0.15, -0.1) is 5.10 Å². The fraction of sp³-hybridized carbons (Fsp3) is 0.310. The first-order valence-electron chi connectivity index (χ1n) is 12.8. The molecule has 1 aliphatic heterocycles. The van der Waals surface area contributed by atoms with E-state index in [4.69, 9.17) is 9.72 Å². The fourth-order valence-corrected chi connectivity index (χ4v) is 4.68. The third-order valence-corrected chi connectivity index (χ3v) is 6.76. The Kier molecular flexibility index (Phi) is 7.52. The molecule has 1 aromatic carbocycles. The number of piperidine rings is 1. The summed E-state index contributed by atoms with van der Waals surface area (Å²) >= 11 is 0. The van der Waals surface area contributed by atoms with Crippen molar-refractivity contribution < 1.29 is 14.6 Å². The van der Waals surface area contributed by atoms with Gasteiger partial charge in [-0.2, -0.15) is 5.26 Å². The largest absolute Gasteiger partial charge is 0.476 e. The number of benzene rings is 1. The zero-order chi connectivity index (χ0) is 26.5. The maximum absolute atomic E-state index is 12.5. The molecular weight excluding hydrogens is 480 g/mol. The van der Waals surface area contributed by atoms with E-state index < -0.39 is 6.10 Å². The summed E-state index contributed by atoms with van der Waals surface area (Å²) in [7, 11) is 0. The number of hydrogen-bond acceptors (Lipinski definition) is 7. The maximum Gasteiger partial charge on any atom is 0.252 e. The van der Waals surface area contributed by atoms with Crippen molar-refractivity contribution in [3.05, 3.63) is 78.1 Å². The topological polar surface area (TPSA) is 116 Å². The molecule has 9 nitrogen and oxygen atoms in total. The first kappa shape index (κ1) is 25.2. The van der Waals surface area contributed by atoms with E-state index in [1.54, 1.807) is 17.6 Å². The molecule has 3 aromatic heterocycles. The standard InChI is InChI=1S/C29H30N6O3/c1-20(36)13-17-38-29-25(18-30)27-24(8-5-14-35(27)33-29)22-9-10-26(31-19-22)34-15-11-23(12-16-34)32-28(37)21-6-3-2-4-7-21/h2-10,14,19-20,23,36H,11-13,15-17H2,1H3,(H,32,37). The summed E-state index contributed by atoms with van der Waals surface area (Å²) in [5.41, 5.74) is 3.40. The SMILES string of the molecule is CC(O)CCOc1nn2cccc(-c3ccc(N4CCC(NC(=O)c5ccccc5)CC4)nc3)c2c1C#N. The van der Waals surface area contributed by atoms with Crippen LogP contribution in [0.15, 0.2) is 67.0 Å². The number of anilines is 1. The number of hydrogen-bond donors (Lipinski definition) is 2. The lowest BCUT2D eigenvalue weighted by Gasteiger charge is -2.33. The molecule has 0 radical (unpaired) electrons. The van der Waals surface area contributed by atoms with Gasteiger partial charge in [0.15, 0.2) is 0 Å². The van der Waals surface area contributed by atoms with Gasteiger partial charge in [0.25, 0.3) is 11.8 Å². The fourth-order valence-electron chi connectivity index (χ4n) is 4.68. The van der Waals surface area contributed by atoms with E-state index in [9.17, 15) is 15.2 Å². The minimum atomic E-state index is -0.489. The Balaban J connectivity index is 1.27. The highest BCUT2D eigenvalue weighted by molar-refractivity contribution is 5.94. The molecule has 9 heteroatoms. The summed E-state index contributed by atoms with van der Waals surface area (Å²) in [6.07, 6.45) is 5.26. The molecule has 1 atom stereocenters. The Bertz CT molecular complexity index is 1440. The van der Waals surface area contributed by atoms with Crippen LogP contribution in [0.3, 0.4) is 0 Å². The molecule has 1 fully saturated rings. The predicted octanol–water partition coefficient (Wildman–Crippen LogP) is 3.82. The summed E-state index contributed by atoms with van der Waals surface area (Å²) in [4.78, 5) is 19.4. The van der Waals surface area contributed by atoms with Crippen molar-refractivity contribution in [1.82, 2.24) is 19.9 Å². The van der Waals surface area contributed by atoms with Crippen LogP contribution in [0.25, 0.3) is 16.6 Å². The number of aromatic nitrogens is 3. The molecule has 1 aliphatic rings. The molecule has 4 aromatic rings. The average Bonchev–Trinajstić information content (AvgIpc) is 3.31. The smallest absolute Gasteiger partial charge is 0.252 e. The van der Waals surface area contributed by atoms with E-state index in [1.807, 2.05) is 60.8 Å². The van der Waals surface area contributed by atoms with E-state index in [1.165, 1.54) is 0 Å². The van der Waals surface area contributed by atoms with Crippen molar-refractivity contribution >= 4 is 17.2 Å². The molecule has 1 saturated heterocycles. The molecule has 5 rings (SSSR count). The second kappa shape index (κ2) is 11.3. The molecule has 0 bridgehead atoms. The van der Waals surface area contributed by atoms with Crippen molar-refractivity contribution in [3.63, 3.8) is 0 Å². The Morgan fingerprint density at radius 2 is 1.97 bits per heavy atom. The normalized spacial score (nSPS) is 14.7. The lowest BCUT2D eigenvalue weighted by molar-refractivity contribution is 0.0931. The molecule has 0 saturated carbocycles. The van der Waals surface area contributed by atoms with Crippen molar-refractivity contribution in [2.75, 3.05) is 24.6 Å². The number of fused-ring (bicyclic) bond motifs is 1. The van der Waals surface area contributed by atoms with Crippen LogP contribution in [-0.4, -0.2) is 57.5 Å². The third-order valence-electron chi connectivity index (χ3n) is 6.76. The summed E-state index contributed by atoms with van der Waals surface area (Å²) in [5, 5.41) is 26.9. The zero-order valence-electron chi connectivity index (χ0n) is 21.2. The minimum Gasteiger partial charge on any atom is -0.476 e. The monoisotopic (exact) mass is 510 g/mol. The average molecular weight is 511 g/mol. The molecular formula is C29H30N6O3. The molecule has 1 unspecified atom stereocenters. The molecule has 4 heterocycles. The van der Waals surface area contributed by atoms with Gasteiger partial charge in [0.05, 0.1) is 18.2 Å². The number of carbonyl (C=O) groups is 1. The van der Waals surface area contributed by atoms with Gasteiger partial charge in [-0.1, -0.05) is 24.3 Å². The van der Waals surface area contributed by atoms with Gasteiger partial charge in [0.2, 0.25) is 0 Å². The second-order valence-corrected chi connectivity index (χ2v) is 9.50. The Labute approximate surface area is 221 Å². The van der Waals surface area contributed by atoms with Gasteiger partial charge < -0.3 is 20.1 Å². The number of aliphatic hydroxyl groups excluding tert-OH is 1. The number of nitrogens with one attached hydrogen (secondary N) is 1. The van der Waals surface area contributed by atoms with Crippen LogP contribution >= 0.6 is 0 Å². The Morgan fingerprint density at radius 1 is 1.18 bits per heavy atom. The number of nitriles is 1. The Hall–Kier alpha value is -4.42. The second-order valence-electron chi connectivity index (χ2n) is 9.50. The number of amides is 1. The zero-order valence-corrected chi connectivity index (χ0v) is 21.2. The van der Waals surface area contributed by atoms with Gasteiger partial charge in [-0.3, -0.25) is 4.79 Å². The maximum atomic E-state index is 12.5. The summed E-state index contributed by atoms with van der Waals surface area (Å²) in [6.45, 7) is 3.57. The predicted molar refractivity (Wildman–Crippen MR) is 144 cm³/mol. The van der Waals surface area contributed by atoms with Gasteiger partial charge in [-0.05, 0) is 50.1 Å². The van der Waals surface area contributed by atoms with Gasteiger partial charge in [0.1, 0.15) is 17.5 Å². The highest BCUT2D eigenvalue weighted by atomic mass is 16.5. The number of aliphatic hydroxyl groups is 1. The van der Waals surface area contributed by atoms with E-state index in [2.05, 4.69) is 21.4 Å². The number of rotatable bonds is 8. The van der Waals surface area contributed by atoms with Crippen molar-refractivity contribution in [2.24, 2.45) is 0 Å². The van der Waals surface area contributed by atoms with E-state index >= 15 is 0 Å². The summed E-state index contributed by atoms with van der Waals surface area (Å²) in [6, 6.07) is 19.5. The van der Waals surface area contributed by atoms with Crippen LogP contribution in [0.2, 0.25) is 0 Å². The number of ether oxygens (including phenoxy) is 1. The first-order chi connectivity index (χ1) is 18.5. The number of nitrogens with zero attached hydrogens (tertiary/aromatic N) is 5. The lowest BCUT2D eigenvalue weighted by Crippen LogP contribution is -2.44. The van der Waals surface area contributed by atoms with E-state index in [-0.39, 0.29) is 24.4 Å². The van der Waals surface area contributed by atoms with Crippen LogP contribution in [0.1, 0.15) is 42.1 Å². The van der Waals surface area contributed by atoms with Crippen LogP contribution in [0.4, 0.5) is 5.82 Å². The van der Waals surface area contributed by atoms with Crippen molar-refractivity contribution in [3.8, 4) is 23.1 Å². The Morgan fingerprint density at radius 3 is 2.66 bits per heavy atom. The minimum absolute atomic E-state index is 0.0335. The molecule has 0 aliphatic carbocycles. The molecule has 0 spiro atoms. The molecule has 1 amide bonds. The van der Waals surface area contributed by atoms with Crippen molar-refractivity contribution in [1.29, 1.82) is 5.26 Å². The molecule has 2 N–H and O–H groups in total. The van der Waals surface area contributed by atoms with E-state index in [0.717, 1.165) is 42.9 Å². The van der Waals surface area contributed by atoms with Gasteiger partial charge in [0, 0.05) is 54.6 Å². The van der Waals surface area contributed by atoms with Crippen LogP contribution < -0.4 is 15.0 Å². The van der Waals surface area contributed by atoms with Gasteiger partial charge in [-0.25, -0.2) is 9.50 Å². The van der Waals surface area contributed by atoms with Crippen LogP contribution in [-0.2, 0) is 0 Å². The first-order valence-corrected chi connectivity index (χ1v) is 12.8. The number of carbonyl (C=O) groups excluding carboxylic acids is 1.